The van der Waals surface area contributed by atoms with E-state index in [1.54, 1.807) is 0 Å². The van der Waals surface area contributed by atoms with Gasteiger partial charge in [-0.3, -0.25) is 0 Å². The lowest BCUT2D eigenvalue weighted by Gasteiger charge is -2.29. The van der Waals surface area contributed by atoms with Crippen LogP contribution in [0.4, 0.5) is 5.82 Å². The number of nitrogens with zero attached hydrogens (tertiary/aromatic N) is 3. The molecule has 1 aromatic heterocycles. The molecule has 0 aromatic carbocycles. The largest absolute Gasteiger partial charge is 0.353 e. The molecule has 5 nitrogen and oxygen atoms in total. The van der Waals surface area contributed by atoms with Gasteiger partial charge < -0.3 is 15.5 Å². The summed E-state index contributed by atoms with van der Waals surface area (Å²) in [5.41, 5.74) is 2.48. The van der Waals surface area contributed by atoms with E-state index in [0.717, 1.165) is 57.2 Å². The monoisotopic (exact) mass is 219 g/mol. The topological polar surface area (TPSA) is 53.1 Å². The Kier molecular flexibility index (Phi) is 2.71. The van der Waals surface area contributed by atoms with Crippen molar-refractivity contribution in [3.63, 3.8) is 0 Å². The minimum Gasteiger partial charge on any atom is -0.353 e. The molecule has 0 saturated carbocycles. The van der Waals surface area contributed by atoms with Crippen molar-refractivity contribution in [3.8, 4) is 0 Å². The average Bonchev–Trinajstić information content (AvgIpc) is 2.39. The Balaban J connectivity index is 1.84. The molecule has 2 N–H and O–H groups in total. The van der Waals surface area contributed by atoms with Gasteiger partial charge in [0.15, 0.2) is 5.82 Å². The quantitative estimate of drug-likeness (QED) is 0.669. The molecule has 0 aliphatic carbocycles. The summed E-state index contributed by atoms with van der Waals surface area (Å²) in [7, 11) is 0. The molecule has 2 aliphatic rings. The van der Waals surface area contributed by atoms with Crippen molar-refractivity contribution in [1.82, 2.24) is 20.8 Å². The third-order valence-corrected chi connectivity index (χ3v) is 3.24. The van der Waals surface area contributed by atoms with E-state index in [4.69, 9.17) is 0 Å². The van der Waals surface area contributed by atoms with Crippen molar-refractivity contribution in [2.24, 2.45) is 0 Å². The number of fused-ring (bicyclic) bond motifs is 1. The zero-order valence-corrected chi connectivity index (χ0v) is 9.37. The highest BCUT2D eigenvalue weighted by molar-refractivity contribution is 5.42. The van der Waals surface area contributed by atoms with Crippen LogP contribution < -0.4 is 15.5 Å². The first-order chi connectivity index (χ1) is 7.93. The maximum Gasteiger partial charge on any atom is 0.151 e. The fourth-order valence-electron chi connectivity index (χ4n) is 2.29. The number of piperazine rings is 1. The standard InChI is InChI=1S/C11H17N5/c1-2-13-8-9-7-11(15-14-10(1)9)16-5-3-12-4-6-16/h7,12-13H,1-6,8H2. The highest BCUT2D eigenvalue weighted by atomic mass is 15.3. The summed E-state index contributed by atoms with van der Waals surface area (Å²) in [4.78, 5) is 2.30. The third-order valence-electron chi connectivity index (χ3n) is 3.24. The summed E-state index contributed by atoms with van der Waals surface area (Å²) in [5.74, 6) is 1.03. The molecule has 1 aromatic rings. The van der Waals surface area contributed by atoms with Gasteiger partial charge in [0, 0.05) is 45.7 Å². The van der Waals surface area contributed by atoms with Crippen LogP contribution in [0.25, 0.3) is 0 Å². The normalized spacial score (nSPS) is 20.6. The SMILES string of the molecule is c1c(N2CCNCC2)nnc2c1CNCC2. The first kappa shape index (κ1) is 9.99. The molecule has 3 heterocycles. The van der Waals surface area contributed by atoms with Crippen LogP contribution in [0.3, 0.4) is 0 Å². The van der Waals surface area contributed by atoms with Crippen LogP contribution in [0, 0.1) is 0 Å². The number of aromatic nitrogens is 2. The summed E-state index contributed by atoms with van der Waals surface area (Å²) < 4.78 is 0. The molecule has 0 radical (unpaired) electrons. The van der Waals surface area contributed by atoms with Gasteiger partial charge in [0.25, 0.3) is 0 Å². The Hall–Kier alpha value is -1.20. The fraction of sp³-hybridized carbons (Fsp3) is 0.636. The molecular weight excluding hydrogens is 202 g/mol. The molecule has 5 heteroatoms. The molecule has 86 valence electrons. The molecule has 2 aliphatic heterocycles. The van der Waals surface area contributed by atoms with Crippen LogP contribution in [0.15, 0.2) is 6.07 Å². The van der Waals surface area contributed by atoms with Gasteiger partial charge >= 0.3 is 0 Å². The summed E-state index contributed by atoms with van der Waals surface area (Å²) in [6.07, 6.45) is 1.00. The third kappa shape index (κ3) is 1.88. The molecule has 1 fully saturated rings. The van der Waals surface area contributed by atoms with Crippen LogP contribution in [-0.2, 0) is 13.0 Å². The van der Waals surface area contributed by atoms with Crippen molar-refractivity contribution >= 4 is 5.82 Å². The lowest BCUT2D eigenvalue weighted by atomic mass is 10.1. The van der Waals surface area contributed by atoms with E-state index >= 15 is 0 Å². The lowest BCUT2D eigenvalue weighted by molar-refractivity contribution is 0.576. The second-order valence-electron chi connectivity index (χ2n) is 4.34. The average molecular weight is 219 g/mol. The summed E-state index contributed by atoms with van der Waals surface area (Å²) in [5, 5.41) is 15.4. The molecule has 0 atom stereocenters. The van der Waals surface area contributed by atoms with Gasteiger partial charge in [-0.05, 0) is 11.6 Å². The smallest absolute Gasteiger partial charge is 0.151 e. The van der Waals surface area contributed by atoms with Crippen LogP contribution >= 0.6 is 0 Å². The minimum atomic E-state index is 0.934. The van der Waals surface area contributed by atoms with Crippen molar-refractivity contribution < 1.29 is 0 Å². The van der Waals surface area contributed by atoms with Gasteiger partial charge in [0.05, 0.1) is 5.69 Å². The maximum atomic E-state index is 4.34. The summed E-state index contributed by atoms with van der Waals surface area (Å²) in [6, 6.07) is 2.19. The Morgan fingerprint density at radius 2 is 1.94 bits per heavy atom. The molecule has 1 saturated heterocycles. The zero-order valence-electron chi connectivity index (χ0n) is 9.37. The van der Waals surface area contributed by atoms with E-state index in [1.165, 1.54) is 5.56 Å². The first-order valence-electron chi connectivity index (χ1n) is 5.95. The number of rotatable bonds is 1. The van der Waals surface area contributed by atoms with Crippen LogP contribution in [0.1, 0.15) is 11.3 Å². The van der Waals surface area contributed by atoms with Gasteiger partial charge in [-0.1, -0.05) is 0 Å². The second-order valence-corrected chi connectivity index (χ2v) is 4.34. The highest BCUT2D eigenvalue weighted by Gasteiger charge is 2.16. The van der Waals surface area contributed by atoms with E-state index in [1.807, 2.05) is 0 Å². The van der Waals surface area contributed by atoms with Crippen LogP contribution in [0.5, 0.6) is 0 Å². The molecule has 0 amide bonds. The maximum absolute atomic E-state index is 4.34. The Labute approximate surface area is 95.2 Å². The van der Waals surface area contributed by atoms with Crippen molar-refractivity contribution in [2.75, 3.05) is 37.6 Å². The molecule has 3 rings (SSSR count). The van der Waals surface area contributed by atoms with E-state index < -0.39 is 0 Å². The minimum absolute atomic E-state index is 0.934. The number of hydrogen-bond donors (Lipinski definition) is 2. The van der Waals surface area contributed by atoms with Crippen molar-refractivity contribution in [3.05, 3.63) is 17.3 Å². The summed E-state index contributed by atoms with van der Waals surface area (Å²) in [6.45, 7) is 6.09. The first-order valence-corrected chi connectivity index (χ1v) is 5.95. The van der Waals surface area contributed by atoms with Crippen molar-refractivity contribution in [2.45, 2.75) is 13.0 Å². The van der Waals surface area contributed by atoms with E-state index in [9.17, 15) is 0 Å². The zero-order chi connectivity index (χ0) is 10.8. The van der Waals surface area contributed by atoms with E-state index in [0.29, 0.717) is 0 Å². The van der Waals surface area contributed by atoms with E-state index in [2.05, 4.69) is 31.8 Å². The van der Waals surface area contributed by atoms with Gasteiger partial charge in [-0.2, -0.15) is 5.10 Å². The van der Waals surface area contributed by atoms with Gasteiger partial charge in [0.1, 0.15) is 0 Å². The molecule has 0 spiro atoms. The number of anilines is 1. The molecular formula is C11H17N5. The molecule has 0 unspecified atom stereocenters. The Morgan fingerprint density at radius 1 is 1.06 bits per heavy atom. The van der Waals surface area contributed by atoms with Crippen molar-refractivity contribution in [1.29, 1.82) is 0 Å². The Bertz CT molecular complexity index is 373. The number of hydrogen-bond acceptors (Lipinski definition) is 5. The highest BCUT2D eigenvalue weighted by Crippen LogP contribution is 2.17. The van der Waals surface area contributed by atoms with Crippen LogP contribution in [0.2, 0.25) is 0 Å². The predicted octanol–water partition coefficient (Wildman–Crippen LogP) is -0.468. The van der Waals surface area contributed by atoms with Gasteiger partial charge in [0.2, 0.25) is 0 Å². The molecule has 0 bridgehead atoms. The lowest BCUT2D eigenvalue weighted by Crippen LogP contribution is -2.44. The second kappa shape index (κ2) is 4.35. The van der Waals surface area contributed by atoms with E-state index in [-0.39, 0.29) is 0 Å². The van der Waals surface area contributed by atoms with Gasteiger partial charge in [-0.15, -0.1) is 5.10 Å². The Morgan fingerprint density at radius 3 is 2.81 bits per heavy atom. The number of nitrogens with one attached hydrogen (secondary N) is 2. The summed E-state index contributed by atoms with van der Waals surface area (Å²) >= 11 is 0. The van der Waals surface area contributed by atoms with Crippen LogP contribution in [-0.4, -0.2) is 42.9 Å². The predicted molar refractivity (Wildman–Crippen MR) is 62.5 cm³/mol. The van der Waals surface area contributed by atoms with Gasteiger partial charge in [-0.25, -0.2) is 0 Å². The molecule has 16 heavy (non-hydrogen) atoms. The fourth-order valence-corrected chi connectivity index (χ4v) is 2.29.